The van der Waals surface area contributed by atoms with Crippen molar-refractivity contribution in [1.82, 2.24) is 4.90 Å². The minimum Gasteiger partial charge on any atom is -0.480 e. The van der Waals surface area contributed by atoms with E-state index in [1.807, 2.05) is 35.2 Å². The number of carboxylic acids is 1. The van der Waals surface area contributed by atoms with Gasteiger partial charge >= 0.3 is 5.97 Å². The van der Waals surface area contributed by atoms with Crippen molar-refractivity contribution < 1.29 is 14.6 Å². The van der Waals surface area contributed by atoms with E-state index >= 15 is 0 Å². The van der Waals surface area contributed by atoms with Gasteiger partial charge in [-0.1, -0.05) is 53.4 Å². The van der Waals surface area contributed by atoms with Gasteiger partial charge in [-0.3, -0.25) is 4.79 Å². The van der Waals surface area contributed by atoms with Crippen molar-refractivity contribution >= 4 is 34.9 Å². The number of ether oxygens (including phenoxy) is 1. The first kappa shape index (κ1) is 20.9. The number of anilines is 1. The summed E-state index contributed by atoms with van der Waals surface area (Å²) < 4.78 is 6.33. The van der Waals surface area contributed by atoms with Gasteiger partial charge in [0, 0.05) is 26.9 Å². The van der Waals surface area contributed by atoms with E-state index in [4.69, 9.17) is 34.4 Å². The van der Waals surface area contributed by atoms with Crippen LogP contribution in [-0.2, 0) is 9.53 Å². The molecule has 5 rings (SSSR count). The summed E-state index contributed by atoms with van der Waals surface area (Å²) in [6.45, 7) is 0. The Morgan fingerprint density at radius 2 is 1.72 bits per heavy atom. The number of aliphatic carboxylic acids is 1. The number of terminal acetylenes is 1. The Hall–Kier alpha value is -3.01. The van der Waals surface area contributed by atoms with Crippen molar-refractivity contribution in [2.75, 3.05) is 5.32 Å². The van der Waals surface area contributed by atoms with E-state index in [9.17, 15) is 9.90 Å². The number of hydrogen-bond donors (Lipinski definition) is 2. The van der Waals surface area contributed by atoms with E-state index in [1.54, 1.807) is 36.4 Å². The number of nitrogens with zero attached hydrogens (tertiary/aromatic N) is 1. The summed E-state index contributed by atoms with van der Waals surface area (Å²) in [6.07, 6.45) is 4.55. The lowest BCUT2D eigenvalue weighted by Gasteiger charge is -2.33. The van der Waals surface area contributed by atoms with Gasteiger partial charge in [-0.05, 0) is 53.6 Å². The van der Waals surface area contributed by atoms with Crippen LogP contribution in [0.2, 0.25) is 10.0 Å². The van der Waals surface area contributed by atoms with Gasteiger partial charge < -0.3 is 15.2 Å². The van der Waals surface area contributed by atoms with E-state index in [0.29, 0.717) is 21.2 Å². The Kier molecular flexibility index (Phi) is 5.32. The lowest BCUT2D eigenvalue weighted by atomic mass is 9.98. The maximum Gasteiger partial charge on any atom is 0.325 e. The highest BCUT2D eigenvalue weighted by molar-refractivity contribution is 6.30. The van der Waals surface area contributed by atoms with Gasteiger partial charge in [-0.15, -0.1) is 6.42 Å². The molecule has 1 saturated heterocycles. The van der Waals surface area contributed by atoms with Crippen molar-refractivity contribution in [3.05, 3.63) is 99.0 Å². The van der Waals surface area contributed by atoms with Crippen LogP contribution in [0.1, 0.15) is 40.6 Å². The lowest BCUT2D eigenvalue weighted by Crippen LogP contribution is -2.37. The quantitative estimate of drug-likeness (QED) is 0.490. The molecular weight excluding hydrogens is 447 g/mol. The minimum atomic E-state index is -0.989. The summed E-state index contributed by atoms with van der Waals surface area (Å²) >= 11 is 12.2. The Balaban J connectivity index is 1.68. The fourth-order valence-corrected chi connectivity index (χ4v) is 4.72. The SMILES string of the molecule is C#Cc1ccc2c(c1)C1OC(N2)C(c2ccc(Cl)cc2)N1C(C(=O)O)c1ccc(Cl)cc1. The summed E-state index contributed by atoms with van der Waals surface area (Å²) in [6, 6.07) is 18.5. The largest absolute Gasteiger partial charge is 0.480 e. The van der Waals surface area contributed by atoms with Crippen LogP contribution in [0.15, 0.2) is 66.7 Å². The summed E-state index contributed by atoms with van der Waals surface area (Å²) in [5.74, 6) is 1.65. The molecule has 0 radical (unpaired) electrons. The molecular formula is C25H18Cl2N2O3. The Bertz CT molecular complexity index is 1220. The fraction of sp³-hybridized carbons (Fsp3) is 0.160. The van der Waals surface area contributed by atoms with Gasteiger partial charge in [-0.2, -0.15) is 0 Å². The highest BCUT2D eigenvalue weighted by atomic mass is 35.5. The topological polar surface area (TPSA) is 61.8 Å². The molecule has 0 aromatic heterocycles. The summed E-state index contributed by atoms with van der Waals surface area (Å²) in [5.41, 5.74) is 3.85. The number of fused-ring (bicyclic) bond motifs is 4. The standard InChI is InChI=1S/C25H18Cl2N2O3/c1-2-14-3-12-20-19(13-14)24-29(22(25(30)31)16-6-10-18(27)11-7-16)21(23(28-20)32-24)15-4-8-17(26)9-5-15/h1,3-13,21-24,28H,(H,30,31). The number of benzene rings is 3. The van der Waals surface area contributed by atoms with Crippen LogP contribution in [-0.4, -0.2) is 22.2 Å². The van der Waals surface area contributed by atoms with Crippen LogP contribution in [0.4, 0.5) is 5.69 Å². The molecule has 2 heterocycles. The predicted molar refractivity (Wildman–Crippen MR) is 123 cm³/mol. The molecule has 2 aliphatic heterocycles. The van der Waals surface area contributed by atoms with E-state index in [2.05, 4.69) is 11.2 Å². The van der Waals surface area contributed by atoms with Crippen LogP contribution in [0.5, 0.6) is 0 Å². The molecule has 2 aliphatic rings. The molecule has 0 aliphatic carbocycles. The maximum absolute atomic E-state index is 12.6. The third-order valence-electron chi connectivity index (χ3n) is 5.87. The number of nitrogens with one attached hydrogen (secondary N) is 1. The highest BCUT2D eigenvalue weighted by Crippen LogP contribution is 2.52. The first-order valence-corrected chi connectivity index (χ1v) is 10.8. The van der Waals surface area contributed by atoms with Crippen molar-refractivity contribution in [3.63, 3.8) is 0 Å². The number of carbonyl (C=O) groups is 1. The summed E-state index contributed by atoms with van der Waals surface area (Å²) in [4.78, 5) is 14.5. The predicted octanol–water partition coefficient (Wildman–Crippen LogP) is 5.62. The second-order valence-corrected chi connectivity index (χ2v) is 8.61. The molecule has 3 aromatic carbocycles. The molecule has 7 heteroatoms. The third kappa shape index (κ3) is 3.52. The van der Waals surface area contributed by atoms with Gasteiger partial charge in [0.1, 0.15) is 18.5 Å². The molecule has 0 spiro atoms. The molecule has 4 atom stereocenters. The van der Waals surface area contributed by atoms with Gasteiger partial charge in [0.15, 0.2) is 0 Å². The molecule has 0 saturated carbocycles. The molecule has 2 bridgehead atoms. The van der Waals surface area contributed by atoms with Gasteiger partial charge in [0.2, 0.25) is 0 Å². The van der Waals surface area contributed by atoms with Crippen LogP contribution in [0, 0.1) is 12.3 Å². The molecule has 0 amide bonds. The van der Waals surface area contributed by atoms with Crippen LogP contribution in [0.25, 0.3) is 0 Å². The van der Waals surface area contributed by atoms with E-state index < -0.39 is 30.5 Å². The zero-order chi connectivity index (χ0) is 22.4. The van der Waals surface area contributed by atoms with Crippen LogP contribution >= 0.6 is 23.2 Å². The van der Waals surface area contributed by atoms with E-state index in [1.165, 1.54) is 0 Å². The Labute approximate surface area is 195 Å². The number of halogens is 2. The van der Waals surface area contributed by atoms with Crippen molar-refractivity contribution in [2.24, 2.45) is 0 Å². The molecule has 3 aromatic rings. The van der Waals surface area contributed by atoms with Crippen molar-refractivity contribution in [1.29, 1.82) is 0 Å². The molecule has 5 nitrogen and oxygen atoms in total. The van der Waals surface area contributed by atoms with Crippen LogP contribution in [0.3, 0.4) is 0 Å². The normalized spacial score (nSPS) is 22.5. The first-order valence-electron chi connectivity index (χ1n) is 10.00. The third-order valence-corrected chi connectivity index (χ3v) is 6.37. The van der Waals surface area contributed by atoms with Crippen molar-refractivity contribution in [3.8, 4) is 12.3 Å². The zero-order valence-electron chi connectivity index (χ0n) is 16.7. The molecule has 1 fully saturated rings. The highest BCUT2D eigenvalue weighted by Gasteiger charge is 2.52. The summed E-state index contributed by atoms with van der Waals surface area (Å²) in [5, 5.41) is 14.9. The van der Waals surface area contributed by atoms with Crippen LogP contribution < -0.4 is 5.32 Å². The second-order valence-electron chi connectivity index (χ2n) is 7.74. The fourth-order valence-electron chi connectivity index (χ4n) is 4.46. The average Bonchev–Trinajstić information content (AvgIpc) is 3.08. The lowest BCUT2D eigenvalue weighted by molar-refractivity contribution is -0.147. The monoisotopic (exact) mass is 464 g/mol. The molecule has 32 heavy (non-hydrogen) atoms. The summed E-state index contributed by atoms with van der Waals surface area (Å²) in [7, 11) is 0. The van der Waals surface area contributed by atoms with Crippen molar-refractivity contribution in [2.45, 2.75) is 24.5 Å². The van der Waals surface area contributed by atoms with E-state index in [-0.39, 0.29) is 0 Å². The Morgan fingerprint density at radius 1 is 1.06 bits per heavy atom. The molecule has 4 unspecified atom stereocenters. The van der Waals surface area contributed by atoms with E-state index in [0.717, 1.165) is 16.8 Å². The minimum absolute atomic E-state index is 0.393. The second kappa shape index (κ2) is 8.16. The number of hydrogen-bond acceptors (Lipinski definition) is 4. The molecule has 2 N–H and O–H groups in total. The van der Waals surface area contributed by atoms with Gasteiger partial charge in [0.05, 0.1) is 6.04 Å². The molecule has 160 valence electrons. The number of rotatable bonds is 4. The van der Waals surface area contributed by atoms with Gasteiger partial charge in [0.25, 0.3) is 0 Å². The van der Waals surface area contributed by atoms with Gasteiger partial charge in [-0.25, -0.2) is 4.90 Å². The average molecular weight is 465 g/mol. The smallest absolute Gasteiger partial charge is 0.325 e. The Morgan fingerprint density at radius 3 is 2.34 bits per heavy atom. The number of carboxylic acid groups (broad SMARTS) is 1. The maximum atomic E-state index is 12.6. The zero-order valence-corrected chi connectivity index (χ0v) is 18.2. The first-order chi connectivity index (χ1) is 15.5.